The van der Waals surface area contributed by atoms with Crippen molar-refractivity contribution in [2.75, 3.05) is 13.2 Å². The lowest BCUT2D eigenvalue weighted by Gasteiger charge is -2.31. The van der Waals surface area contributed by atoms with Crippen LogP contribution in [0.2, 0.25) is 0 Å². The molecule has 0 spiro atoms. The fraction of sp³-hybridized carbons (Fsp3) is 0.882. The predicted molar refractivity (Wildman–Crippen MR) is 81.3 cm³/mol. The SMILES string of the molecule is N#CC1(C(=O)NCC2CCCCC2CO)CCCCCC1. The van der Waals surface area contributed by atoms with Crippen LogP contribution in [0.25, 0.3) is 0 Å². The van der Waals surface area contributed by atoms with Gasteiger partial charge in [-0.3, -0.25) is 4.79 Å². The number of nitriles is 1. The third-order valence-electron chi connectivity index (χ3n) is 5.43. The van der Waals surface area contributed by atoms with E-state index in [1.807, 2.05) is 0 Å². The molecule has 2 fully saturated rings. The van der Waals surface area contributed by atoms with E-state index in [0.717, 1.165) is 38.5 Å². The zero-order valence-corrected chi connectivity index (χ0v) is 12.9. The Bertz CT molecular complexity index is 381. The summed E-state index contributed by atoms with van der Waals surface area (Å²) in [6.45, 7) is 0.831. The van der Waals surface area contributed by atoms with Crippen molar-refractivity contribution in [3.05, 3.63) is 0 Å². The lowest BCUT2D eigenvalue weighted by Crippen LogP contribution is -2.43. The van der Waals surface area contributed by atoms with Crippen LogP contribution in [0.5, 0.6) is 0 Å². The van der Waals surface area contributed by atoms with Gasteiger partial charge in [0.1, 0.15) is 5.41 Å². The third kappa shape index (κ3) is 3.97. The van der Waals surface area contributed by atoms with Gasteiger partial charge in [-0.1, -0.05) is 38.5 Å². The van der Waals surface area contributed by atoms with E-state index >= 15 is 0 Å². The summed E-state index contributed by atoms with van der Waals surface area (Å²) < 4.78 is 0. The molecule has 1 amide bonds. The van der Waals surface area contributed by atoms with Gasteiger partial charge in [-0.25, -0.2) is 0 Å². The average molecular weight is 292 g/mol. The molecule has 2 saturated carbocycles. The van der Waals surface area contributed by atoms with Crippen LogP contribution in [0, 0.1) is 28.6 Å². The van der Waals surface area contributed by atoms with Gasteiger partial charge >= 0.3 is 0 Å². The molecule has 0 aromatic rings. The maximum atomic E-state index is 12.5. The Hall–Kier alpha value is -1.08. The summed E-state index contributed by atoms with van der Waals surface area (Å²) in [6.07, 6.45) is 10.1. The van der Waals surface area contributed by atoms with Crippen molar-refractivity contribution in [1.29, 1.82) is 5.26 Å². The van der Waals surface area contributed by atoms with E-state index in [-0.39, 0.29) is 12.5 Å². The van der Waals surface area contributed by atoms with Crippen LogP contribution < -0.4 is 5.32 Å². The monoisotopic (exact) mass is 292 g/mol. The average Bonchev–Trinajstić information content (AvgIpc) is 2.79. The molecule has 118 valence electrons. The van der Waals surface area contributed by atoms with Gasteiger partial charge in [-0.15, -0.1) is 0 Å². The maximum absolute atomic E-state index is 12.5. The number of carbonyl (C=O) groups excluding carboxylic acids is 1. The first-order valence-electron chi connectivity index (χ1n) is 8.52. The minimum Gasteiger partial charge on any atom is -0.396 e. The number of hydrogen-bond acceptors (Lipinski definition) is 3. The Morgan fingerprint density at radius 3 is 2.29 bits per heavy atom. The highest BCUT2D eigenvalue weighted by Crippen LogP contribution is 2.35. The van der Waals surface area contributed by atoms with Crippen molar-refractivity contribution < 1.29 is 9.90 Å². The molecule has 4 heteroatoms. The van der Waals surface area contributed by atoms with Crippen molar-refractivity contribution in [2.24, 2.45) is 17.3 Å². The van der Waals surface area contributed by atoms with Crippen molar-refractivity contribution >= 4 is 5.91 Å². The molecule has 2 aliphatic carbocycles. The molecule has 4 nitrogen and oxygen atoms in total. The number of nitrogens with one attached hydrogen (secondary N) is 1. The lowest BCUT2D eigenvalue weighted by molar-refractivity contribution is -0.129. The molecule has 0 saturated heterocycles. The van der Waals surface area contributed by atoms with Gasteiger partial charge in [0.25, 0.3) is 0 Å². The molecular weight excluding hydrogens is 264 g/mol. The van der Waals surface area contributed by atoms with Crippen LogP contribution in [0.3, 0.4) is 0 Å². The Morgan fingerprint density at radius 2 is 1.71 bits per heavy atom. The first-order chi connectivity index (χ1) is 10.2. The molecule has 0 aromatic heterocycles. The van der Waals surface area contributed by atoms with Crippen molar-refractivity contribution in [3.8, 4) is 6.07 Å². The summed E-state index contributed by atoms with van der Waals surface area (Å²) in [6, 6.07) is 2.31. The zero-order chi connectivity index (χ0) is 15.1. The van der Waals surface area contributed by atoms with Gasteiger partial charge in [0.2, 0.25) is 5.91 Å². The van der Waals surface area contributed by atoms with Gasteiger partial charge in [0.05, 0.1) is 6.07 Å². The summed E-state index contributed by atoms with van der Waals surface area (Å²) in [5.41, 5.74) is -0.806. The van der Waals surface area contributed by atoms with E-state index in [1.165, 1.54) is 12.8 Å². The van der Waals surface area contributed by atoms with Gasteiger partial charge in [-0.2, -0.15) is 5.26 Å². The maximum Gasteiger partial charge on any atom is 0.240 e. The largest absolute Gasteiger partial charge is 0.396 e. The third-order valence-corrected chi connectivity index (χ3v) is 5.43. The Labute approximate surface area is 127 Å². The standard InChI is InChI=1S/C17H28N2O2/c18-13-17(9-5-1-2-6-10-17)16(21)19-11-14-7-3-4-8-15(14)12-20/h14-15,20H,1-12H2,(H,19,21). The minimum atomic E-state index is -0.806. The molecule has 2 N–H and O–H groups in total. The predicted octanol–water partition coefficient (Wildman–Crippen LogP) is 2.77. The number of aliphatic hydroxyl groups is 1. The van der Waals surface area contributed by atoms with E-state index in [1.54, 1.807) is 0 Å². The number of aliphatic hydroxyl groups excluding tert-OH is 1. The van der Waals surface area contributed by atoms with Crippen LogP contribution >= 0.6 is 0 Å². The number of nitrogens with zero attached hydrogens (tertiary/aromatic N) is 1. The van der Waals surface area contributed by atoms with Crippen LogP contribution in [-0.4, -0.2) is 24.2 Å². The Balaban J connectivity index is 1.91. The fourth-order valence-electron chi connectivity index (χ4n) is 3.91. The zero-order valence-electron chi connectivity index (χ0n) is 12.9. The van der Waals surface area contributed by atoms with Gasteiger partial charge < -0.3 is 10.4 Å². The van der Waals surface area contributed by atoms with E-state index in [4.69, 9.17) is 0 Å². The van der Waals surface area contributed by atoms with Crippen molar-refractivity contribution in [3.63, 3.8) is 0 Å². The number of amides is 1. The number of carbonyl (C=O) groups is 1. The summed E-state index contributed by atoms with van der Waals surface area (Å²) in [5, 5.41) is 22.0. The summed E-state index contributed by atoms with van der Waals surface area (Å²) in [4.78, 5) is 12.5. The molecule has 0 aromatic carbocycles. The van der Waals surface area contributed by atoms with E-state index in [2.05, 4.69) is 11.4 Å². The molecule has 0 bridgehead atoms. The van der Waals surface area contributed by atoms with Crippen LogP contribution in [0.4, 0.5) is 0 Å². The quantitative estimate of drug-likeness (QED) is 0.782. The topological polar surface area (TPSA) is 73.1 Å². The van der Waals surface area contributed by atoms with E-state index in [9.17, 15) is 15.2 Å². The van der Waals surface area contributed by atoms with E-state index < -0.39 is 5.41 Å². The highest BCUT2D eigenvalue weighted by Gasteiger charge is 2.39. The van der Waals surface area contributed by atoms with Crippen LogP contribution in [-0.2, 0) is 4.79 Å². The molecule has 21 heavy (non-hydrogen) atoms. The summed E-state index contributed by atoms with van der Waals surface area (Å²) >= 11 is 0. The lowest BCUT2D eigenvalue weighted by atomic mass is 9.78. The summed E-state index contributed by atoms with van der Waals surface area (Å²) in [5.74, 6) is 0.606. The number of hydrogen-bond donors (Lipinski definition) is 2. The fourth-order valence-corrected chi connectivity index (χ4v) is 3.91. The molecule has 2 rings (SSSR count). The van der Waals surface area contributed by atoms with Crippen LogP contribution in [0.15, 0.2) is 0 Å². The molecule has 2 unspecified atom stereocenters. The molecular formula is C17H28N2O2. The van der Waals surface area contributed by atoms with Gasteiger partial charge in [0.15, 0.2) is 0 Å². The highest BCUT2D eigenvalue weighted by atomic mass is 16.3. The molecule has 2 atom stereocenters. The van der Waals surface area contributed by atoms with Crippen LogP contribution in [0.1, 0.15) is 64.2 Å². The van der Waals surface area contributed by atoms with E-state index in [0.29, 0.717) is 31.2 Å². The van der Waals surface area contributed by atoms with Gasteiger partial charge in [0, 0.05) is 13.2 Å². The first-order valence-corrected chi connectivity index (χ1v) is 8.52. The molecule has 2 aliphatic rings. The molecule has 0 heterocycles. The molecule has 0 radical (unpaired) electrons. The first kappa shape index (κ1) is 16.3. The Morgan fingerprint density at radius 1 is 1.10 bits per heavy atom. The van der Waals surface area contributed by atoms with Gasteiger partial charge in [-0.05, 0) is 37.5 Å². The smallest absolute Gasteiger partial charge is 0.240 e. The number of rotatable bonds is 4. The normalized spacial score (nSPS) is 29.1. The summed E-state index contributed by atoms with van der Waals surface area (Å²) in [7, 11) is 0. The Kier molecular flexibility index (Phi) is 6.05. The second-order valence-electron chi connectivity index (χ2n) is 6.81. The van der Waals surface area contributed by atoms with Crippen molar-refractivity contribution in [2.45, 2.75) is 64.2 Å². The second kappa shape index (κ2) is 7.79. The minimum absolute atomic E-state index is 0.0748. The molecule has 0 aliphatic heterocycles. The second-order valence-corrected chi connectivity index (χ2v) is 6.81. The highest BCUT2D eigenvalue weighted by molar-refractivity contribution is 5.85. The van der Waals surface area contributed by atoms with Crippen molar-refractivity contribution in [1.82, 2.24) is 5.32 Å².